The molecular weight excluding hydrogens is 265 g/mol. The molecule has 0 radical (unpaired) electrons. The van der Waals surface area contributed by atoms with E-state index in [1.54, 1.807) is 6.92 Å². The molecule has 0 heterocycles. The Labute approximate surface area is 111 Å². The molecule has 0 aromatic carbocycles. The summed E-state index contributed by atoms with van der Waals surface area (Å²) in [6.07, 6.45) is 0.453. The van der Waals surface area contributed by atoms with Crippen LogP contribution in [0.15, 0.2) is 0 Å². The van der Waals surface area contributed by atoms with E-state index in [4.69, 9.17) is 9.90 Å². The van der Waals surface area contributed by atoms with Crippen LogP contribution in [0.4, 0.5) is 13.2 Å². The Balaban J connectivity index is -0.000000203. The van der Waals surface area contributed by atoms with E-state index in [0.29, 0.717) is 6.61 Å². The van der Waals surface area contributed by atoms with E-state index in [9.17, 15) is 18.0 Å². The van der Waals surface area contributed by atoms with Gasteiger partial charge in [0.25, 0.3) is 0 Å². The summed E-state index contributed by atoms with van der Waals surface area (Å²) in [6, 6.07) is 0. The fraction of sp³-hybridized carbons (Fsp3) is 0.833. The smallest absolute Gasteiger partial charge is 0.475 e. The fourth-order valence-electron chi connectivity index (χ4n) is 0.703. The highest BCUT2D eigenvalue weighted by Gasteiger charge is 2.38. The first-order chi connectivity index (χ1) is 8.63. The Bertz CT molecular complexity index is 224. The first-order valence-electron chi connectivity index (χ1n) is 6.06. The van der Waals surface area contributed by atoms with Gasteiger partial charge in [-0.1, -0.05) is 39.5 Å². The van der Waals surface area contributed by atoms with Gasteiger partial charge in [-0.05, 0) is 6.92 Å². The summed E-state index contributed by atoms with van der Waals surface area (Å²) < 4.78 is 36.1. The van der Waals surface area contributed by atoms with E-state index in [0.717, 1.165) is 0 Å². The maximum Gasteiger partial charge on any atom is 0.490 e. The number of carboxylic acid groups (broad SMARTS) is 1. The molecule has 7 heteroatoms. The summed E-state index contributed by atoms with van der Waals surface area (Å²) in [5.41, 5.74) is 0. The van der Waals surface area contributed by atoms with Crippen LogP contribution in [0.25, 0.3) is 0 Å². The number of esters is 1. The number of hydrogen-bond donors (Lipinski definition) is 1. The minimum Gasteiger partial charge on any atom is -0.475 e. The van der Waals surface area contributed by atoms with Gasteiger partial charge >= 0.3 is 18.1 Å². The molecule has 0 rings (SSSR count). The quantitative estimate of drug-likeness (QED) is 0.631. The van der Waals surface area contributed by atoms with Crippen molar-refractivity contribution in [1.29, 1.82) is 0 Å². The zero-order valence-electron chi connectivity index (χ0n) is 11.8. The third kappa shape index (κ3) is 31.5. The Morgan fingerprint density at radius 1 is 1.05 bits per heavy atom. The van der Waals surface area contributed by atoms with E-state index < -0.39 is 12.1 Å². The molecule has 1 N–H and O–H groups in total. The largest absolute Gasteiger partial charge is 0.490 e. The SMILES string of the molecule is CCCCCC.CCOC(C)=O.O=C(O)C(F)(F)F. The van der Waals surface area contributed by atoms with Gasteiger partial charge in [0.05, 0.1) is 6.61 Å². The molecule has 0 saturated heterocycles. The zero-order chi connectivity index (χ0) is 15.9. The molecule has 0 atom stereocenters. The second-order valence-electron chi connectivity index (χ2n) is 3.43. The monoisotopic (exact) mass is 288 g/mol. The predicted octanol–water partition coefficient (Wildman–Crippen LogP) is 3.79. The lowest BCUT2D eigenvalue weighted by molar-refractivity contribution is -0.192. The van der Waals surface area contributed by atoms with Crippen LogP contribution >= 0.6 is 0 Å². The van der Waals surface area contributed by atoms with E-state index in [1.165, 1.54) is 32.6 Å². The summed E-state index contributed by atoms with van der Waals surface area (Å²) in [7, 11) is 0. The van der Waals surface area contributed by atoms with Crippen LogP contribution in [0.2, 0.25) is 0 Å². The summed E-state index contributed by atoms with van der Waals surface area (Å²) in [5.74, 6) is -2.97. The number of aliphatic carboxylic acids is 1. The molecule has 0 aromatic heterocycles. The number of unbranched alkanes of at least 4 members (excludes halogenated alkanes) is 3. The number of carboxylic acids is 1. The van der Waals surface area contributed by atoms with Gasteiger partial charge in [-0.3, -0.25) is 4.79 Å². The third-order valence-corrected chi connectivity index (χ3v) is 1.55. The summed E-state index contributed by atoms with van der Waals surface area (Å²) in [6.45, 7) is 8.12. The summed E-state index contributed by atoms with van der Waals surface area (Å²) in [4.78, 5) is 18.7. The molecule has 0 amide bonds. The Kier molecular flexibility index (Phi) is 17.8. The van der Waals surface area contributed by atoms with E-state index in [-0.39, 0.29) is 5.97 Å². The molecule has 19 heavy (non-hydrogen) atoms. The van der Waals surface area contributed by atoms with Gasteiger partial charge in [0, 0.05) is 6.92 Å². The molecule has 116 valence electrons. The average Bonchev–Trinajstić information content (AvgIpc) is 2.26. The minimum atomic E-state index is -5.08. The van der Waals surface area contributed by atoms with Gasteiger partial charge in [-0.2, -0.15) is 13.2 Å². The van der Waals surface area contributed by atoms with Crippen molar-refractivity contribution in [2.45, 2.75) is 59.6 Å². The molecule has 0 aliphatic heterocycles. The van der Waals surface area contributed by atoms with Crippen molar-refractivity contribution in [1.82, 2.24) is 0 Å². The van der Waals surface area contributed by atoms with E-state index >= 15 is 0 Å². The third-order valence-electron chi connectivity index (χ3n) is 1.55. The van der Waals surface area contributed by atoms with Crippen molar-refractivity contribution < 1.29 is 32.6 Å². The van der Waals surface area contributed by atoms with Gasteiger partial charge < -0.3 is 9.84 Å². The lowest BCUT2D eigenvalue weighted by Gasteiger charge is -1.93. The molecule has 0 fully saturated rings. The first kappa shape index (κ1) is 22.9. The first-order valence-corrected chi connectivity index (χ1v) is 6.06. The molecule has 4 nitrogen and oxygen atoms in total. The molecule has 0 aromatic rings. The zero-order valence-corrected chi connectivity index (χ0v) is 11.8. The number of hydrogen-bond acceptors (Lipinski definition) is 3. The number of alkyl halides is 3. The van der Waals surface area contributed by atoms with Gasteiger partial charge in [0.1, 0.15) is 0 Å². The summed E-state index contributed by atoms with van der Waals surface area (Å²) >= 11 is 0. The number of carbonyl (C=O) groups excluding carboxylic acids is 1. The van der Waals surface area contributed by atoms with Crippen molar-refractivity contribution in [3.63, 3.8) is 0 Å². The lowest BCUT2D eigenvalue weighted by Crippen LogP contribution is -2.21. The Morgan fingerprint density at radius 2 is 1.37 bits per heavy atom. The second kappa shape index (κ2) is 14.8. The van der Waals surface area contributed by atoms with Crippen LogP contribution in [0, 0.1) is 0 Å². The maximum absolute atomic E-state index is 10.6. The van der Waals surface area contributed by atoms with Gasteiger partial charge in [-0.25, -0.2) is 4.79 Å². The number of halogens is 3. The molecule has 0 aliphatic carbocycles. The summed E-state index contributed by atoms with van der Waals surface area (Å²) in [5, 5.41) is 7.12. The lowest BCUT2D eigenvalue weighted by atomic mass is 10.2. The van der Waals surface area contributed by atoms with Crippen molar-refractivity contribution in [3.05, 3.63) is 0 Å². The van der Waals surface area contributed by atoms with Crippen LogP contribution in [0.1, 0.15) is 53.4 Å². The molecule has 0 aliphatic rings. The molecule has 0 saturated carbocycles. The van der Waals surface area contributed by atoms with Crippen molar-refractivity contribution in [2.75, 3.05) is 6.61 Å². The number of carbonyl (C=O) groups is 2. The van der Waals surface area contributed by atoms with Crippen LogP contribution < -0.4 is 0 Å². The van der Waals surface area contributed by atoms with Gasteiger partial charge in [0.15, 0.2) is 0 Å². The highest BCUT2D eigenvalue weighted by molar-refractivity contribution is 5.73. The highest BCUT2D eigenvalue weighted by Crippen LogP contribution is 2.13. The van der Waals surface area contributed by atoms with Crippen molar-refractivity contribution in [2.24, 2.45) is 0 Å². The van der Waals surface area contributed by atoms with E-state index in [1.807, 2.05) is 0 Å². The van der Waals surface area contributed by atoms with Crippen molar-refractivity contribution in [3.8, 4) is 0 Å². The van der Waals surface area contributed by atoms with E-state index in [2.05, 4.69) is 18.6 Å². The van der Waals surface area contributed by atoms with Crippen LogP contribution in [0.5, 0.6) is 0 Å². The van der Waals surface area contributed by atoms with Crippen LogP contribution in [-0.2, 0) is 14.3 Å². The Hall–Kier alpha value is -1.27. The standard InChI is InChI=1S/C6H14.C4H8O2.C2HF3O2/c1-3-5-6-4-2;1-3-6-4(2)5;3-2(4,5)1(6)7/h3-6H2,1-2H3;3H2,1-2H3;(H,6,7). The molecule has 0 spiro atoms. The number of ether oxygens (including phenoxy) is 1. The molecule has 0 unspecified atom stereocenters. The number of rotatable bonds is 4. The van der Waals surface area contributed by atoms with Crippen LogP contribution in [-0.4, -0.2) is 29.8 Å². The topological polar surface area (TPSA) is 63.6 Å². The van der Waals surface area contributed by atoms with Gasteiger partial charge in [-0.15, -0.1) is 0 Å². The highest BCUT2D eigenvalue weighted by atomic mass is 19.4. The van der Waals surface area contributed by atoms with Crippen molar-refractivity contribution >= 4 is 11.9 Å². The second-order valence-corrected chi connectivity index (χ2v) is 3.43. The normalized spacial score (nSPS) is 9.42. The fourth-order valence-corrected chi connectivity index (χ4v) is 0.703. The van der Waals surface area contributed by atoms with Crippen LogP contribution in [0.3, 0.4) is 0 Å². The average molecular weight is 288 g/mol. The maximum atomic E-state index is 10.6. The minimum absolute atomic E-state index is 0.211. The predicted molar refractivity (Wildman–Crippen MR) is 65.8 cm³/mol. The molecular formula is C12H23F3O4. The van der Waals surface area contributed by atoms with Gasteiger partial charge in [0.2, 0.25) is 0 Å². The Morgan fingerprint density at radius 3 is 1.42 bits per heavy atom. The molecule has 0 bridgehead atoms.